The first-order valence-electron chi connectivity index (χ1n) is 7.34. The summed E-state index contributed by atoms with van der Waals surface area (Å²) in [7, 11) is 0. The molecule has 0 saturated carbocycles. The third kappa shape index (κ3) is 2.75. The quantitative estimate of drug-likeness (QED) is 0.580. The minimum atomic E-state index is -0.811. The third-order valence-corrected chi connectivity index (χ3v) is 3.47. The lowest BCUT2D eigenvalue weighted by atomic mass is 10.1. The Balaban J connectivity index is 2.48. The van der Waals surface area contributed by atoms with Crippen LogP contribution in [0.1, 0.15) is 20.8 Å². The molecule has 0 bridgehead atoms. The van der Waals surface area contributed by atoms with Crippen LogP contribution in [0.25, 0.3) is 21.8 Å². The first-order chi connectivity index (χ1) is 11.2. The summed E-state index contributed by atoms with van der Waals surface area (Å²) < 4.78 is 33.7. The summed E-state index contributed by atoms with van der Waals surface area (Å²) in [6.07, 6.45) is -0.811. The van der Waals surface area contributed by atoms with Gasteiger partial charge < -0.3 is 4.74 Å². The van der Waals surface area contributed by atoms with Crippen LogP contribution in [-0.4, -0.2) is 16.3 Å². The second-order valence-corrected chi connectivity index (χ2v) is 6.47. The molecule has 0 N–H and O–H groups in total. The van der Waals surface area contributed by atoms with Crippen LogP contribution < -0.4 is 5.43 Å². The number of ether oxygens (including phenoxy) is 1. The largest absolute Gasteiger partial charge is 0.443 e. The molecule has 3 aromatic rings. The smallest absolute Gasteiger partial charge is 0.419 e. The molecule has 0 aliphatic heterocycles. The first kappa shape index (κ1) is 16.1. The molecule has 0 fully saturated rings. The highest BCUT2D eigenvalue weighted by Crippen LogP contribution is 2.23. The van der Waals surface area contributed by atoms with Gasteiger partial charge in [-0.3, -0.25) is 4.79 Å². The van der Waals surface area contributed by atoms with E-state index in [1.807, 2.05) is 0 Å². The molecule has 0 atom stereocenters. The lowest BCUT2D eigenvalue weighted by molar-refractivity contribution is 0.0551. The van der Waals surface area contributed by atoms with Crippen molar-refractivity contribution in [1.29, 1.82) is 0 Å². The van der Waals surface area contributed by atoms with E-state index < -0.39 is 28.8 Å². The Morgan fingerprint density at radius 2 is 1.42 bits per heavy atom. The van der Waals surface area contributed by atoms with Gasteiger partial charge in [0, 0.05) is 10.8 Å². The Kier molecular flexibility index (Phi) is 3.63. The third-order valence-electron chi connectivity index (χ3n) is 3.47. The van der Waals surface area contributed by atoms with E-state index in [1.54, 1.807) is 20.8 Å². The van der Waals surface area contributed by atoms with Crippen molar-refractivity contribution in [1.82, 2.24) is 4.57 Å². The zero-order chi connectivity index (χ0) is 17.6. The monoisotopic (exact) mass is 331 g/mol. The number of carbonyl (C=O) groups excluding carboxylic acids is 1. The van der Waals surface area contributed by atoms with Gasteiger partial charge in [-0.15, -0.1) is 0 Å². The minimum Gasteiger partial charge on any atom is -0.443 e. The lowest BCUT2D eigenvalue weighted by Crippen LogP contribution is -2.28. The van der Waals surface area contributed by atoms with E-state index in [2.05, 4.69) is 0 Å². The number of nitrogens with zero attached hydrogens (tertiary/aromatic N) is 1. The predicted molar refractivity (Wildman–Crippen MR) is 87.3 cm³/mol. The van der Waals surface area contributed by atoms with E-state index >= 15 is 0 Å². The van der Waals surface area contributed by atoms with Crippen molar-refractivity contribution in [3.8, 4) is 0 Å². The van der Waals surface area contributed by atoms with E-state index in [4.69, 9.17) is 4.74 Å². The van der Waals surface area contributed by atoms with E-state index in [0.29, 0.717) is 0 Å². The number of halogens is 2. The molecule has 0 amide bonds. The maximum atomic E-state index is 13.7. The molecule has 0 unspecified atom stereocenters. The minimum absolute atomic E-state index is 0.0346. The summed E-state index contributed by atoms with van der Waals surface area (Å²) >= 11 is 0. The fraction of sp³-hybridized carbons (Fsp3) is 0.222. The summed E-state index contributed by atoms with van der Waals surface area (Å²) in [6, 6.07) is 7.00. The highest BCUT2D eigenvalue weighted by molar-refractivity contribution is 6.00. The number of fused-ring (bicyclic) bond motifs is 2. The number of aromatic nitrogens is 1. The Labute approximate surface area is 136 Å². The number of pyridine rings is 1. The summed E-state index contributed by atoms with van der Waals surface area (Å²) in [4.78, 5) is 25.2. The molecule has 124 valence electrons. The molecular formula is C18H15F2NO3. The Morgan fingerprint density at radius 1 is 0.958 bits per heavy atom. The number of hydrogen-bond acceptors (Lipinski definition) is 3. The summed E-state index contributed by atoms with van der Waals surface area (Å²) in [6.45, 7) is 5.04. The van der Waals surface area contributed by atoms with Gasteiger partial charge in [-0.25, -0.2) is 18.1 Å². The van der Waals surface area contributed by atoms with Crippen LogP contribution in [0.3, 0.4) is 0 Å². The number of benzene rings is 2. The maximum Gasteiger partial charge on any atom is 0.419 e. The van der Waals surface area contributed by atoms with Gasteiger partial charge in [-0.05, 0) is 57.2 Å². The number of rotatable bonds is 0. The number of carbonyl (C=O) groups is 1. The standard InChI is InChI=1S/C18H15F2NO3/c1-18(2,3)24-17(23)21-14-8-10(19)4-6-12(14)16(22)13-7-5-11(20)9-15(13)21/h4-9H,1-3H3. The van der Waals surface area contributed by atoms with Crippen LogP contribution in [0, 0.1) is 11.6 Å². The van der Waals surface area contributed by atoms with Gasteiger partial charge in [-0.2, -0.15) is 0 Å². The Morgan fingerprint density at radius 3 is 1.83 bits per heavy atom. The van der Waals surface area contributed by atoms with Crippen LogP contribution >= 0.6 is 0 Å². The summed E-state index contributed by atoms with van der Waals surface area (Å²) in [5.74, 6) is -1.23. The molecule has 0 radical (unpaired) electrons. The Hall–Kier alpha value is -2.76. The van der Waals surface area contributed by atoms with Crippen LogP contribution in [-0.2, 0) is 4.74 Å². The number of hydrogen-bond donors (Lipinski definition) is 0. The fourth-order valence-electron chi connectivity index (χ4n) is 2.54. The molecule has 4 nitrogen and oxygen atoms in total. The van der Waals surface area contributed by atoms with Crippen molar-refractivity contribution in [2.45, 2.75) is 26.4 Å². The molecule has 6 heteroatoms. The van der Waals surface area contributed by atoms with Crippen molar-refractivity contribution in [2.75, 3.05) is 0 Å². The van der Waals surface area contributed by atoms with E-state index in [-0.39, 0.29) is 21.8 Å². The summed E-state index contributed by atoms with van der Waals surface area (Å²) in [5, 5.41) is 0.308. The molecule has 3 rings (SSSR count). The molecule has 0 aliphatic carbocycles. The van der Waals surface area contributed by atoms with Gasteiger partial charge in [0.25, 0.3) is 0 Å². The molecule has 0 saturated heterocycles. The van der Waals surface area contributed by atoms with Crippen LogP contribution in [0.5, 0.6) is 0 Å². The second kappa shape index (κ2) is 5.40. The molecule has 2 aromatic carbocycles. The van der Waals surface area contributed by atoms with E-state index in [9.17, 15) is 18.4 Å². The van der Waals surface area contributed by atoms with Gasteiger partial charge in [0.2, 0.25) is 0 Å². The predicted octanol–water partition coefficient (Wildman–Crippen LogP) is 4.22. The molecule has 0 aliphatic rings. The van der Waals surface area contributed by atoms with E-state index in [1.165, 1.54) is 12.1 Å². The maximum absolute atomic E-state index is 13.7. The zero-order valence-electron chi connectivity index (χ0n) is 13.4. The normalized spacial score (nSPS) is 11.9. The van der Waals surface area contributed by atoms with Crippen LogP contribution in [0.15, 0.2) is 41.2 Å². The average molecular weight is 331 g/mol. The Bertz CT molecular complexity index is 966. The van der Waals surface area contributed by atoms with Gasteiger partial charge in [0.15, 0.2) is 5.43 Å². The van der Waals surface area contributed by atoms with Crippen LogP contribution in [0.4, 0.5) is 13.6 Å². The molecule has 0 spiro atoms. The van der Waals surface area contributed by atoms with Crippen LogP contribution in [0.2, 0.25) is 0 Å². The topological polar surface area (TPSA) is 48.3 Å². The van der Waals surface area contributed by atoms with Crippen molar-refractivity contribution in [3.05, 3.63) is 58.3 Å². The highest BCUT2D eigenvalue weighted by Gasteiger charge is 2.22. The zero-order valence-corrected chi connectivity index (χ0v) is 13.4. The highest BCUT2D eigenvalue weighted by atomic mass is 19.1. The lowest BCUT2D eigenvalue weighted by Gasteiger charge is -2.22. The van der Waals surface area contributed by atoms with Gasteiger partial charge in [0.05, 0.1) is 11.0 Å². The fourth-order valence-corrected chi connectivity index (χ4v) is 2.54. The molecular weight excluding hydrogens is 316 g/mol. The van der Waals surface area contributed by atoms with Crippen molar-refractivity contribution >= 4 is 27.9 Å². The average Bonchev–Trinajstić information content (AvgIpc) is 2.45. The molecule has 1 aromatic heterocycles. The SMILES string of the molecule is CC(C)(C)OC(=O)n1c2cc(F)ccc2c(=O)c2ccc(F)cc21. The first-order valence-corrected chi connectivity index (χ1v) is 7.34. The molecule has 24 heavy (non-hydrogen) atoms. The summed E-state index contributed by atoms with van der Waals surface area (Å²) in [5.41, 5.74) is -1.14. The van der Waals surface area contributed by atoms with Gasteiger partial charge in [-0.1, -0.05) is 0 Å². The van der Waals surface area contributed by atoms with Crippen molar-refractivity contribution < 1.29 is 18.3 Å². The van der Waals surface area contributed by atoms with Gasteiger partial charge >= 0.3 is 6.09 Å². The molecule has 1 heterocycles. The van der Waals surface area contributed by atoms with Gasteiger partial charge in [0.1, 0.15) is 17.2 Å². The second-order valence-electron chi connectivity index (χ2n) is 6.47. The van der Waals surface area contributed by atoms with E-state index in [0.717, 1.165) is 28.8 Å². The van der Waals surface area contributed by atoms with Crippen molar-refractivity contribution in [3.63, 3.8) is 0 Å². The van der Waals surface area contributed by atoms with Crippen molar-refractivity contribution in [2.24, 2.45) is 0 Å².